The van der Waals surface area contributed by atoms with Crippen LogP contribution in [0.3, 0.4) is 0 Å². The van der Waals surface area contributed by atoms with E-state index in [1.54, 1.807) is 17.3 Å². The van der Waals surface area contributed by atoms with E-state index in [9.17, 15) is 22.4 Å². The number of amidine groups is 1. The number of fused-ring (bicyclic) bond motifs is 1. The van der Waals surface area contributed by atoms with Gasteiger partial charge in [0.25, 0.3) is 5.91 Å². The van der Waals surface area contributed by atoms with E-state index in [-0.39, 0.29) is 11.1 Å². The summed E-state index contributed by atoms with van der Waals surface area (Å²) >= 11 is 0. The Kier molecular flexibility index (Phi) is 6.26. The van der Waals surface area contributed by atoms with Crippen LogP contribution in [0, 0.1) is 5.82 Å². The lowest BCUT2D eigenvalue weighted by molar-refractivity contribution is -0.161. The molecule has 11 heteroatoms. The van der Waals surface area contributed by atoms with Crippen LogP contribution < -0.4 is 5.32 Å². The molecule has 1 fully saturated rings. The molecule has 3 aliphatic heterocycles. The van der Waals surface area contributed by atoms with Crippen LogP contribution in [0.1, 0.15) is 43.4 Å². The number of alkyl halides is 3. The lowest BCUT2D eigenvalue weighted by Gasteiger charge is -2.34. The maximum Gasteiger partial charge on any atom is 0.419 e. The summed E-state index contributed by atoms with van der Waals surface area (Å²) in [7, 11) is 1.83. The van der Waals surface area contributed by atoms with Gasteiger partial charge < -0.3 is 14.8 Å². The Hall–Kier alpha value is -3.02. The number of nitrogens with zero attached hydrogens (tertiary/aromatic N) is 3. The van der Waals surface area contributed by atoms with E-state index in [0.29, 0.717) is 51.0 Å². The molecule has 1 amide bonds. The molecule has 1 aromatic carbocycles. The molecule has 5 rings (SSSR count). The van der Waals surface area contributed by atoms with Crippen molar-refractivity contribution in [2.75, 3.05) is 26.9 Å². The van der Waals surface area contributed by atoms with Crippen molar-refractivity contribution in [3.63, 3.8) is 0 Å². The largest absolute Gasteiger partial charge is 0.419 e. The zero-order chi connectivity index (χ0) is 25.7. The molecular weight excluding hydrogens is 480 g/mol. The van der Waals surface area contributed by atoms with Crippen molar-refractivity contribution in [2.24, 2.45) is 4.99 Å². The van der Waals surface area contributed by atoms with E-state index >= 15 is 0 Å². The minimum Gasteiger partial charge on any atom is -0.347 e. The average molecular weight is 507 g/mol. The smallest absolute Gasteiger partial charge is 0.347 e. The summed E-state index contributed by atoms with van der Waals surface area (Å²) in [5.41, 5.74) is 0.478. The normalized spacial score (nSPS) is 22.6. The molecule has 0 saturated carbocycles. The number of halogens is 4. The van der Waals surface area contributed by atoms with Gasteiger partial charge in [0.1, 0.15) is 12.5 Å². The van der Waals surface area contributed by atoms with E-state index in [1.807, 2.05) is 18.1 Å². The van der Waals surface area contributed by atoms with E-state index in [4.69, 9.17) is 9.47 Å². The predicted molar refractivity (Wildman–Crippen MR) is 123 cm³/mol. The SMILES string of the molecule is C[C@@H](NC(=O)C1=CN2C(=NCN2C)C(C2=CCC3(CC2)OCCO3)=C1)c1cccc(C(F)(F)F)c1F. The molecule has 3 heterocycles. The van der Waals surface area contributed by atoms with Crippen molar-refractivity contribution < 1.29 is 31.8 Å². The second kappa shape index (κ2) is 9.13. The molecule has 0 unspecified atom stereocenters. The number of hydrogen-bond donors (Lipinski definition) is 1. The number of ether oxygens (including phenoxy) is 2. The molecule has 1 N–H and O–H groups in total. The second-order valence-electron chi connectivity index (χ2n) is 9.21. The van der Waals surface area contributed by atoms with E-state index in [2.05, 4.69) is 10.3 Å². The third kappa shape index (κ3) is 4.46. The standard InChI is InChI=1S/C25H26F4N4O3/c1-15(18-4-3-5-20(21(18)26)25(27,28)29)31-23(34)17-12-19(22-30-14-32(2)33(22)13-17)16-6-8-24(9-7-16)35-10-11-36-24/h3-6,12-13,15H,7-11,14H2,1-2H3,(H,31,34)/t15-/m1/s1. The van der Waals surface area contributed by atoms with Crippen LogP contribution >= 0.6 is 0 Å². The highest BCUT2D eigenvalue weighted by Gasteiger charge is 2.40. The predicted octanol–water partition coefficient (Wildman–Crippen LogP) is 4.22. The maximum absolute atomic E-state index is 14.6. The van der Waals surface area contributed by atoms with Gasteiger partial charge in [-0.25, -0.2) is 9.38 Å². The fourth-order valence-electron chi connectivity index (χ4n) is 4.86. The number of amides is 1. The van der Waals surface area contributed by atoms with E-state index in [1.165, 1.54) is 13.0 Å². The Bertz CT molecular complexity index is 1200. The molecule has 0 aromatic heterocycles. The second-order valence-corrected chi connectivity index (χ2v) is 9.21. The molecule has 1 aliphatic carbocycles. The van der Waals surface area contributed by atoms with Gasteiger partial charge in [-0.05, 0) is 31.1 Å². The first-order valence-electron chi connectivity index (χ1n) is 11.7. The molecule has 7 nitrogen and oxygen atoms in total. The van der Waals surface area contributed by atoms with Crippen molar-refractivity contribution in [1.82, 2.24) is 15.3 Å². The fourth-order valence-corrected chi connectivity index (χ4v) is 4.86. The summed E-state index contributed by atoms with van der Waals surface area (Å²) in [6, 6.07) is 2.05. The number of hydrazine groups is 1. The van der Waals surface area contributed by atoms with E-state index < -0.39 is 35.3 Å². The molecule has 0 radical (unpaired) electrons. The van der Waals surface area contributed by atoms with Crippen LogP contribution in [0.2, 0.25) is 0 Å². The van der Waals surface area contributed by atoms with Gasteiger partial charge in [0.2, 0.25) is 0 Å². The Labute approximate surface area is 205 Å². The average Bonchev–Trinajstić information content (AvgIpc) is 3.45. The fraction of sp³-hybridized carbons (Fsp3) is 0.440. The van der Waals surface area contributed by atoms with Gasteiger partial charge in [-0.1, -0.05) is 18.2 Å². The third-order valence-corrected chi connectivity index (χ3v) is 6.82. The van der Waals surface area contributed by atoms with Gasteiger partial charge in [-0.3, -0.25) is 9.80 Å². The maximum atomic E-state index is 14.6. The molecule has 1 spiro atoms. The third-order valence-electron chi connectivity index (χ3n) is 6.82. The summed E-state index contributed by atoms with van der Waals surface area (Å²) in [5, 5.41) is 6.24. The Morgan fingerprint density at radius 1 is 1.25 bits per heavy atom. The summed E-state index contributed by atoms with van der Waals surface area (Å²) in [4.78, 5) is 17.8. The van der Waals surface area contributed by atoms with Gasteiger partial charge in [0, 0.05) is 37.2 Å². The van der Waals surface area contributed by atoms with Crippen molar-refractivity contribution >= 4 is 11.7 Å². The van der Waals surface area contributed by atoms with Crippen molar-refractivity contribution in [1.29, 1.82) is 0 Å². The lowest BCUT2D eigenvalue weighted by atomic mass is 9.87. The molecule has 0 bridgehead atoms. The first kappa shape index (κ1) is 24.7. The molecule has 192 valence electrons. The summed E-state index contributed by atoms with van der Waals surface area (Å²) < 4.78 is 65.6. The Morgan fingerprint density at radius 3 is 2.67 bits per heavy atom. The van der Waals surface area contributed by atoms with Crippen molar-refractivity contribution in [3.05, 3.63) is 70.2 Å². The number of nitrogens with one attached hydrogen (secondary N) is 1. The summed E-state index contributed by atoms with van der Waals surface area (Å²) in [6.07, 6.45) is 2.48. The number of carbonyl (C=O) groups is 1. The Morgan fingerprint density at radius 2 is 2.00 bits per heavy atom. The van der Waals surface area contributed by atoms with Gasteiger partial charge in [-0.2, -0.15) is 18.2 Å². The quantitative estimate of drug-likeness (QED) is 0.620. The molecule has 36 heavy (non-hydrogen) atoms. The van der Waals surface area contributed by atoms with Gasteiger partial charge in [-0.15, -0.1) is 0 Å². The molecule has 1 atom stereocenters. The van der Waals surface area contributed by atoms with Crippen LogP contribution in [0.15, 0.2) is 58.3 Å². The lowest BCUT2D eigenvalue weighted by Crippen LogP contribution is -2.40. The molecular formula is C25H26F4N4O3. The van der Waals surface area contributed by atoms with Crippen LogP contribution in [-0.4, -0.2) is 54.5 Å². The topological polar surface area (TPSA) is 66.4 Å². The highest BCUT2D eigenvalue weighted by molar-refractivity contribution is 6.09. The van der Waals surface area contributed by atoms with Crippen LogP contribution in [0.5, 0.6) is 0 Å². The zero-order valence-corrected chi connectivity index (χ0v) is 19.9. The molecule has 1 saturated heterocycles. The molecule has 4 aliphatic rings. The molecule has 1 aromatic rings. The van der Waals surface area contributed by atoms with Gasteiger partial charge >= 0.3 is 6.18 Å². The minimum absolute atomic E-state index is 0.240. The number of aliphatic imine (C=N–C) groups is 1. The highest BCUT2D eigenvalue weighted by Crippen LogP contribution is 2.39. The van der Waals surface area contributed by atoms with Gasteiger partial charge in [0.15, 0.2) is 11.6 Å². The first-order chi connectivity index (χ1) is 17.1. The van der Waals surface area contributed by atoms with E-state index in [0.717, 1.165) is 17.2 Å². The summed E-state index contributed by atoms with van der Waals surface area (Å²) in [5.74, 6) is -1.81. The van der Waals surface area contributed by atoms with Gasteiger partial charge in [0.05, 0.1) is 30.4 Å². The summed E-state index contributed by atoms with van der Waals surface area (Å²) in [6.45, 7) is 2.99. The van der Waals surface area contributed by atoms with Crippen LogP contribution in [0.4, 0.5) is 17.6 Å². The first-order valence-corrected chi connectivity index (χ1v) is 11.7. The number of carbonyl (C=O) groups excluding carboxylic acids is 1. The highest BCUT2D eigenvalue weighted by atomic mass is 19.4. The van der Waals surface area contributed by atoms with Crippen molar-refractivity contribution in [3.8, 4) is 0 Å². The Balaban J connectivity index is 1.39. The number of benzene rings is 1. The number of hydrogen-bond acceptors (Lipinski definition) is 6. The van der Waals surface area contributed by atoms with Crippen molar-refractivity contribution in [2.45, 2.75) is 44.2 Å². The zero-order valence-electron chi connectivity index (χ0n) is 19.9. The van der Waals surface area contributed by atoms with Crippen LogP contribution in [-0.2, 0) is 20.4 Å². The minimum atomic E-state index is -4.83. The number of rotatable bonds is 4. The van der Waals surface area contributed by atoms with Crippen LogP contribution in [0.25, 0.3) is 0 Å². The monoisotopic (exact) mass is 506 g/mol.